The third-order valence-corrected chi connectivity index (χ3v) is 2.88. The first-order valence-corrected chi connectivity index (χ1v) is 5.77. The molecule has 1 nitrogen and oxygen atoms in total. The van der Waals surface area contributed by atoms with Crippen LogP contribution < -0.4 is 0 Å². The topological polar surface area (TPSA) is 3.24 Å². The average molecular weight is 266 g/mol. The summed E-state index contributed by atoms with van der Waals surface area (Å²) in [5.41, 5.74) is -0.251. The number of halogens is 4. The van der Waals surface area contributed by atoms with E-state index < -0.39 is 11.7 Å². The van der Waals surface area contributed by atoms with E-state index in [0.717, 1.165) is 19.0 Å². The monoisotopic (exact) mass is 265 g/mol. The van der Waals surface area contributed by atoms with E-state index in [1.807, 2.05) is 18.9 Å². The highest BCUT2D eigenvalue weighted by Gasteiger charge is 2.33. The lowest BCUT2D eigenvalue weighted by Crippen LogP contribution is -2.19. The molecular formula is C12H15ClF3N. The van der Waals surface area contributed by atoms with Crippen LogP contribution in [0.25, 0.3) is 0 Å². The lowest BCUT2D eigenvalue weighted by atomic mass is 10.1. The predicted molar refractivity (Wildman–Crippen MR) is 63.1 cm³/mol. The minimum absolute atomic E-state index is 0.192. The Kier molecular flexibility index (Phi) is 4.83. The van der Waals surface area contributed by atoms with E-state index in [9.17, 15) is 13.2 Å². The van der Waals surface area contributed by atoms with Crippen LogP contribution in [0.4, 0.5) is 13.2 Å². The van der Waals surface area contributed by atoms with Crippen molar-refractivity contribution >= 4 is 11.6 Å². The molecule has 0 unspecified atom stereocenters. The molecule has 0 radical (unpaired) electrons. The Morgan fingerprint density at radius 3 is 2.47 bits per heavy atom. The number of hydrogen-bond acceptors (Lipinski definition) is 1. The third kappa shape index (κ3) is 3.89. The van der Waals surface area contributed by atoms with Crippen molar-refractivity contribution in [3.8, 4) is 0 Å². The number of hydrogen-bond donors (Lipinski definition) is 0. The first kappa shape index (κ1) is 14.3. The maximum absolute atomic E-state index is 12.6. The number of rotatable bonds is 4. The second-order valence-corrected chi connectivity index (χ2v) is 4.39. The van der Waals surface area contributed by atoms with Gasteiger partial charge in [-0.15, -0.1) is 0 Å². The fourth-order valence-corrected chi connectivity index (χ4v) is 1.97. The molecule has 0 aromatic heterocycles. The van der Waals surface area contributed by atoms with Gasteiger partial charge in [0.2, 0.25) is 0 Å². The third-order valence-electron chi connectivity index (χ3n) is 2.43. The highest BCUT2D eigenvalue weighted by atomic mass is 35.5. The molecular weight excluding hydrogens is 251 g/mol. The minimum atomic E-state index is -4.39. The van der Waals surface area contributed by atoms with Crippen LogP contribution in [0.1, 0.15) is 24.5 Å². The molecule has 0 amide bonds. The normalized spacial score (nSPS) is 12.2. The Morgan fingerprint density at radius 1 is 1.29 bits per heavy atom. The molecule has 0 bridgehead atoms. The van der Waals surface area contributed by atoms with E-state index in [0.29, 0.717) is 12.1 Å². The molecule has 0 fully saturated rings. The summed E-state index contributed by atoms with van der Waals surface area (Å²) in [6.07, 6.45) is -3.44. The summed E-state index contributed by atoms with van der Waals surface area (Å²) in [6.45, 7) is 3.27. The zero-order valence-corrected chi connectivity index (χ0v) is 10.6. The maximum atomic E-state index is 12.6. The number of nitrogens with zero attached hydrogens (tertiary/aromatic N) is 1. The second-order valence-electron chi connectivity index (χ2n) is 4.01. The molecule has 1 rings (SSSR count). The van der Waals surface area contributed by atoms with Crippen LogP contribution >= 0.6 is 11.6 Å². The summed E-state index contributed by atoms with van der Waals surface area (Å²) >= 11 is 5.79. The fourth-order valence-electron chi connectivity index (χ4n) is 1.67. The van der Waals surface area contributed by atoms with Gasteiger partial charge in [-0.25, -0.2) is 0 Å². The van der Waals surface area contributed by atoms with Gasteiger partial charge in [0.1, 0.15) is 0 Å². The molecule has 5 heteroatoms. The zero-order chi connectivity index (χ0) is 13.1. The van der Waals surface area contributed by atoms with Crippen molar-refractivity contribution in [3.05, 3.63) is 34.3 Å². The Morgan fingerprint density at radius 2 is 1.94 bits per heavy atom. The van der Waals surface area contributed by atoms with E-state index in [1.165, 1.54) is 6.07 Å². The van der Waals surface area contributed by atoms with Crippen molar-refractivity contribution in [2.24, 2.45) is 0 Å². The van der Waals surface area contributed by atoms with Crippen molar-refractivity contribution in [2.45, 2.75) is 26.1 Å². The molecule has 0 saturated carbocycles. The van der Waals surface area contributed by atoms with E-state index in [2.05, 4.69) is 0 Å². The van der Waals surface area contributed by atoms with Crippen molar-refractivity contribution in [1.82, 2.24) is 4.90 Å². The second kappa shape index (κ2) is 5.74. The predicted octanol–water partition coefficient (Wildman–Crippen LogP) is 4.20. The largest absolute Gasteiger partial charge is 0.417 e. The molecule has 96 valence electrons. The highest BCUT2D eigenvalue weighted by Crippen LogP contribution is 2.36. The molecule has 0 heterocycles. The lowest BCUT2D eigenvalue weighted by Gasteiger charge is -2.18. The average Bonchev–Trinajstić information content (AvgIpc) is 2.19. The van der Waals surface area contributed by atoms with Gasteiger partial charge in [-0.1, -0.05) is 30.7 Å². The Balaban J connectivity index is 2.95. The van der Waals surface area contributed by atoms with Crippen LogP contribution in [0, 0.1) is 0 Å². The molecule has 17 heavy (non-hydrogen) atoms. The summed E-state index contributed by atoms with van der Waals surface area (Å²) in [5.74, 6) is 0. The molecule has 0 atom stereocenters. The molecule has 0 aliphatic heterocycles. The van der Waals surface area contributed by atoms with Crippen LogP contribution in [0.15, 0.2) is 18.2 Å². The quantitative estimate of drug-likeness (QED) is 0.789. The molecule has 0 spiro atoms. The van der Waals surface area contributed by atoms with Crippen molar-refractivity contribution in [1.29, 1.82) is 0 Å². The standard InChI is InChI=1S/C12H15ClF3N/c1-3-7-17(2)8-9-5-4-6-10(11(9)13)12(14,15)16/h4-6H,3,7-8H2,1-2H3. The van der Waals surface area contributed by atoms with Crippen LogP contribution in [0.2, 0.25) is 5.02 Å². The van der Waals surface area contributed by atoms with Gasteiger partial charge in [0.15, 0.2) is 0 Å². The Labute approximate surface area is 104 Å². The minimum Gasteiger partial charge on any atom is -0.302 e. The Hall–Kier alpha value is -0.740. The zero-order valence-electron chi connectivity index (χ0n) is 9.81. The molecule has 0 aliphatic carbocycles. The fraction of sp³-hybridized carbons (Fsp3) is 0.500. The highest BCUT2D eigenvalue weighted by molar-refractivity contribution is 6.32. The van der Waals surface area contributed by atoms with Crippen LogP contribution in [-0.4, -0.2) is 18.5 Å². The summed E-state index contributed by atoms with van der Waals surface area (Å²) in [6, 6.07) is 4.03. The van der Waals surface area contributed by atoms with Gasteiger partial charge in [-0.05, 0) is 31.6 Å². The summed E-state index contributed by atoms with van der Waals surface area (Å²) in [7, 11) is 1.86. The summed E-state index contributed by atoms with van der Waals surface area (Å²) in [4.78, 5) is 1.95. The van der Waals surface area contributed by atoms with Gasteiger partial charge >= 0.3 is 6.18 Å². The van der Waals surface area contributed by atoms with Crippen molar-refractivity contribution < 1.29 is 13.2 Å². The molecule has 0 N–H and O–H groups in total. The first-order chi connectivity index (χ1) is 7.86. The molecule has 0 saturated heterocycles. The van der Waals surface area contributed by atoms with Crippen LogP contribution in [0.5, 0.6) is 0 Å². The van der Waals surface area contributed by atoms with Gasteiger partial charge < -0.3 is 4.90 Å². The summed E-state index contributed by atoms with van der Waals surface area (Å²) < 4.78 is 37.8. The maximum Gasteiger partial charge on any atom is 0.417 e. The van der Waals surface area contributed by atoms with Gasteiger partial charge in [-0.3, -0.25) is 0 Å². The van der Waals surface area contributed by atoms with E-state index in [-0.39, 0.29) is 5.02 Å². The van der Waals surface area contributed by atoms with E-state index in [1.54, 1.807) is 6.07 Å². The van der Waals surface area contributed by atoms with Gasteiger partial charge in [0.05, 0.1) is 10.6 Å². The molecule has 1 aromatic rings. The lowest BCUT2D eigenvalue weighted by molar-refractivity contribution is -0.137. The van der Waals surface area contributed by atoms with Gasteiger partial charge in [0, 0.05) is 6.54 Å². The molecule has 0 aliphatic rings. The smallest absolute Gasteiger partial charge is 0.302 e. The van der Waals surface area contributed by atoms with E-state index >= 15 is 0 Å². The first-order valence-electron chi connectivity index (χ1n) is 5.39. The molecule has 1 aromatic carbocycles. The number of benzene rings is 1. The van der Waals surface area contributed by atoms with Gasteiger partial charge in [-0.2, -0.15) is 13.2 Å². The van der Waals surface area contributed by atoms with E-state index in [4.69, 9.17) is 11.6 Å². The summed E-state index contributed by atoms with van der Waals surface area (Å²) in [5, 5.41) is -0.192. The van der Waals surface area contributed by atoms with Crippen molar-refractivity contribution in [2.75, 3.05) is 13.6 Å². The number of alkyl halides is 3. The van der Waals surface area contributed by atoms with Crippen LogP contribution in [-0.2, 0) is 12.7 Å². The van der Waals surface area contributed by atoms with Crippen molar-refractivity contribution in [3.63, 3.8) is 0 Å². The SMILES string of the molecule is CCCN(C)Cc1cccc(C(F)(F)F)c1Cl. The van der Waals surface area contributed by atoms with Crippen LogP contribution in [0.3, 0.4) is 0 Å². The Bertz CT molecular complexity index is 377. The van der Waals surface area contributed by atoms with Gasteiger partial charge in [0.25, 0.3) is 0 Å².